The third-order valence-corrected chi connectivity index (χ3v) is 9.01. The average molecular weight is 548 g/mol. The first kappa shape index (κ1) is 24.9. The lowest BCUT2D eigenvalue weighted by Gasteiger charge is -2.19. The van der Waals surface area contributed by atoms with Gasteiger partial charge in [0, 0.05) is 29.3 Å². The highest BCUT2D eigenvalue weighted by molar-refractivity contribution is 7.81. The molecule has 1 saturated carbocycles. The molecule has 2 atom stereocenters. The van der Waals surface area contributed by atoms with Crippen molar-refractivity contribution in [2.24, 2.45) is 11.3 Å². The number of aromatic nitrogens is 3. The van der Waals surface area contributed by atoms with E-state index >= 15 is 0 Å². The molecule has 0 N–H and O–H groups in total. The van der Waals surface area contributed by atoms with E-state index in [0.29, 0.717) is 20.3 Å². The van der Waals surface area contributed by atoms with E-state index in [4.69, 9.17) is 40.4 Å². The maximum Gasteiger partial charge on any atom is 0.291 e. The second-order valence-corrected chi connectivity index (χ2v) is 12.3. The summed E-state index contributed by atoms with van der Waals surface area (Å²) in [6.07, 6.45) is 7.81. The monoisotopic (exact) mass is 546 g/mol. The lowest BCUT2D eigenvalue weighted by atomic mass is 10.1. The largest absolute Gasteiger partial charge is 0.332 e. The Morgan fingerprint density at radius 2 is 1.94 bits per heavy atom. The van der Waals surface area contributed by atoms with Crippen molar-refractivity contribution < 1.29 is 0 Å². The van der Waals surface area contributed by atoms with Gasteiger partial charge in [-0.3, -0.25) is 4.79 Å². The van der Waals surface area contributed by atoms with E-state index < -0.39 is 0 Å². The molecule has 3 aromatic rings. The molecule has 0 amide bonds. The lowest BCUT2D eigenvalue weighted by molar-refractivity contribution is 0.585. The molecule has 0 spiro atoms. The van der Waals surface area contributed by atoms with Gasteiger partial charge in [-0.25, -0.2) is 4.98 Å². The van der Waals surface area contributed by atoms with Crippen LogP contribution in [0.15, 0.2) is 39.6 Å². The molecule has 1 aliphatic heterocycles. The van der Waals surface area contributed by atoms with Gasteiger partial charge in [0.25, 0.3) is 5.56 Å². The molecule has 9 heteroatoms. The molecule has 5 nitrogen and oxygen atoms in total. The van der Waals surface area contributed by atoms with Crippen LogP contribution in [0.1, 0.15) is 70.2 Å². The van der Waals surface area contributed by atoms with Crippen molar-refractivity contribution in [2.45, 2.75) is 58.8 Å². The zero-order chi connectivity index (χ0) is 24.9. The predicted octanol–water partition coefficient (Wildman–Crippen LogP) is 6.25. The number of thiocarbonyl (C=S) groups is 1. The molecule has 0 bridgehead atoms. The molecule has 2 aromatic heterocycles. The van der Waals surface area contributed by atoms with Crippen molar-refractivity contribution in [3.8, 4) is 0 Å². The molecule has 35 heavy (non-hydrogen) atoms. The minimum absolute atomic E-state index is 0.0592. The van der Waals surface area contributed by atoms with Crippen LogP contribution in [-0.4, -0.2) is 26.1 Å². The molecule has 3 heterocycles. The molecular formula is C26H28Cl2N4OS2. The molecule has 0 saturated heterocycles. The number of para-hydroxylation sites is 1. The predicted molar refractivity (Wildman–Crippen MR) is 150 cm³/mol. The Morgan fingerprint density at radius 1 is 1.20 bits per heavy atom. The third kappa shape index (κ3) is 4.35. The normalized spacial score (nSPS) is 22.1. The smallest absolute Gasteiger partial charge is 0.291 e. The van der Waals surface area contributed by atoms with Crippen molar-refractivity contribution in [1.29, 1.82) is 0 Å². The Labute approximate surface area is 224 Å². The van der Waals surface area contributed by atoms with Crippen LogP contribution in [-0.2, 0) is 0 Å². The Morgan fingerprint density at radius 3 is 2.66 bits per heavy atom. The standard InChI is InChI=1S/C26H28Cl2N4OS2/c1-4-5-6-7-10-13-31-17-12-9-8-11-15(17)19(24(31)34)21-23(33)32-25(35-21)29-22(30-32)20-16(14-18(27)28)26(20,2)3/h8-9,11-12,14,16,20H,4-7,10,13H2,1-3H3/b21-19-/t16-,20+/m0/s1. The Kier molecular flexibility index (Phi) is 6.81. The van der Waals surface area contributed by atoms with Gasteiger partial charge in [-0.2, -0.15) is 4.52 Å². The first-order valence-electron chi connectivity index (χ1n) is 12.1. The minimum atomic E-state index is -0.165. The van der Waals surface area contributed by atoms with Crippen molar-refractivity contribution >= 4 is 68.0 Å². The summed E-state index contributed by atoms with van der Waals surface area (Å²) in [6.45, 7) is 7.35. The summed E-state index contributed by atoms with van der Waals surface area (Å²) in [6, 6.07) is 8.16. The Bertz CT molecular complexity index is 1440. The van der Waals surface area contributed by atoms with Gasteiger partial charge < -0.3 is 4.90 Å². The van der Waals surface area contributed by atoms with Gasteiger partial charge in [-0.15, -0.1) is 5.10 Å². The van der Waals surface area contributed by atoms with E-state index in [9.17, 15) is 4.79 Å². The van der Waals surface area contributed by atoms with Gasteiger partial charge in [0.2, 0.25) is 4.96 Å². The molecule has 1 aromatic carbocycles. The van der Waals surface area contributed by atoms with E-state index in [2.05, 4.69) is 36.8 Å². The zero-order valence-corrected chi connectivity index (χ0v) is 23.2. The SMILES string of the molecule is CCCCCCCN1C(=S)/C(=c2\sc3nc([C@H]4[C@H](C=C(Cl)Cl)C4(C)C)nn3c2=O)c2ccccc21. The van der Waals surface area contributed by atoms with Gasteiger partial charge in [0.1, 0.15) is 14.0 Å². The molecule has 1 aliphatic carbocycles. The molecule has 184 valence electrons. The average Bonchev–Trinajstić information content (AvgIpc) is 3.13. The topological polar surface area (TPSA) is 50.5 Å². The summed E-state index contributed by atoms with van der Waals surface area (Å²) >= 11 is 19.1. The summed E-state index contributed by atoms with van der Waals surface area (Å²) in [4.78, 5) is 21.7. The van der Waals surface area contributed by atoms with Crippen molar-refractivity contribution in [2.75, 3.05) is 11.4 Å². The molecule has 2 aliphatic rings. The lowest BCUT2D eigenvalue weighted by Crippen LogP contribution is -2.32. The number of rotatable bonds is 8. The van der Waals surface area contributed by atoms with Gasteiger partial charge in [-0.05, 0) is 29.9 Å². The van der Waals surface area contributed by atoms with Gasteiger partial charge in [0.05, 0.1) is 0 Å². The van der Waals surface area contributed by atoms with E-state index in [1.54, 1.807) is 0 Å². The molecule has 1 fully saturated rings. The summed E-state index contributed by atoms with van der Waals surface area (Å²) in [5, 5.41) is 4.62. The van der Waals surface area contributed by atoms with Gasteiger partial charge in [-0.1, -0.05) is 111 Å². The zero-order valence-electron chi connectivity index (χ0n) is 20.1. The number of nitrogens with zero attached hydrogens (tertiary/aromatic N) is 4. The van der Waals surface area contributed by atoms with Gasteiger partial charge >= 0.3 is 0 Å². The first-order chi connectivity index (χ1) is 16.8. The summed E-state index contributed by atoms with van der Waals surface area (Å²) < 4.78 is 2.28. The van der Waals surface area contributed by atoms with Gasteiger partial charge in [0.15, 0.2) is 5.82 Å². The fourth-order valence-electron chi connectivity index (χ4n) is 5.24. The number of allylic oxidation sites excluding steroid dienone is 1. The number of anilines is 1. The van der Waals surface area contributed by atoms with Crippen molar-refractivity contribution in [3.63, 3.8) is 0 Å². The third-order valence-electron chi connectivity index (χ3n) is 7.30. The second-order valence-electron chi connectivity index (χ2n) is 9.95. The summed E-state index contributed by atoms with van der Waals surface area (Å²) in [7, 11) is 0. The van der Waals surface area contributed by atoms with Crippen molar-refractivity contribution in [1.82, 2.24) is 14.6 Å². The number of hydrogen-bond acceptors (Lipinski definition) is 5. The van der Waals surface area contributed by atoms with E-state index in [-0.39, 0.29) is 27.3 Å². The number of fused-ring (bicyclic) bond motifs is 2. The number of hydrogen-bond donors (Lipinski definition) is 0. The molecule has 0 unspecified atom stereocenters. The summed E-state index contributed by atoms with van der Waals surface area (Å²) in [5.74, 6) is 0.886. The Balaban J connectivity index is 1.51. The first-order valence-corrected chi connectivity index (χ1v) is 14.1. The maximum atomic E-state index is 13.5. The van der Waals surface area contributed by atoms with E-state index in [0.717, 1.165) is 29.8 Å². The fourth-order valence-corrected chi connectivity index (χ4v) is 7.00. The van der Waals surface area contributed by atoms with E-state index in [1.807, 2.05) is 24.3 Å². The fraction of sp³-hybridized carbons (Fsp3) is 0.462. The second kappa shape index (κ2) is 9.58. The number of thiazole rings is 1. The number of unbranched alkanes of at least 4 members (excludes halogenated alkanes) is 4. The van der Waals surface area contributed by atoms with Crippen LogP contribution in [0.2, 0.25) is 0 Å². The molecular weight excluding hydrogens is 519 g/mol. The Hall–Kier alpha value is -1.80. The number of halogens is 2. The highest BCUT2D eigenvalue weighted by atomic mass is 35.5. The van der Waals surface area contributed by atoms with Crippen LogP contribution in [0.5, 0.6) is 0 Å². The molecule has 5 rings (SSSR count). The minimum Gasteiger partial charge on any atom is -0.332 e. The van der Waals surface area contributed by atoms with Crippen LogP contribution in [0, 0.1) is 11.3 Å². The van der Waals surface area contributed by atoms with Crippen LogP contribution in [0.4, 0.5) is 5.69 Å². The quantitative estimate of drug-likeness (QED) is 0.247. The van der Waals surface area contributed by atoms with Crippen LogP contribution in [0.3, 0.4) is 0 Å². The highest BCUT2D eigenvalue weighted by Crippen LogP contribution is 2.64. The van der Waals surface area contributed by atoms with Crippen LogP contribution < -0.4 is 15.0 Å². The van der Waals surface area contributed by atoms with Crippen LogP contribution in [0.25, 0.3) is 10.5 Å². The maximum absolute atomic E-state index is 13.5. The van der Waals surface area contributed by atoms with E-state index in [1.165, 1.54) is 41.5 Å². The highest BCUT2D eigenvalue weighted by Gasteiger charge is 2.59. The van der Waals surface area contributed by atoms with Crippen LogP contribution >= 0.6 is 46.8 Å². The molecule has 0 radical (unpaired) electrons. The van der Waals surface area contributed by atoms with Crippen molar-refractivity contribution in [3.05, 3.63) is 61.1 Å². The number of benzene rings is 1. The summed E-state index contributed by atoms with van der Waals surface area (Å²) in [5.41, 5.74) is 2.69.